The van der Waals surface area contributed by atoms with Gasteiger partial charge in [0.1, 0.15) is 54.4 Å². The van der Waals surface area contributed by atoms with Crippen molar-refractivity contribution in [3.8, 4) is 0 Å². The number of hydrogen-bond acceptors (Lipinski definition) is 21. The molecule has 0 fully saturated rings. The Hall–Kier alpha value is -9.37. The molecule has 0 saturated carbocycles. The average Bonchev–Trinajstić information content (AvgIpc) is 1.46. The second kappa shape index (κ2) is 44.2. The predicted octanol–water partition coefficient (Wildman–Crippen LogP) is -8.97. The Balaban J connectivity index is 2.20. The minimum Gasteiger partial charge on any atom is -0.481 e. The van der Waals surface area contributed by atoms with Crippen LogP contribution in [-0.4, -0.2) is 227 Å². The van der Waals surface area contributed by atoms with Gasteiger partial charge in [-0.2, -0.15) is 25.3 Å². The van der Waals surface area contributed by atoms with Gasteiger partial charge >= 0.3 is 11.9 Å². The molecule has 0 aliphatic carbocycles. The molecule has 0 aromatic heterocycles. The molecule has 0 saturated heterocycles. The first-order valence-corrected chi connectivity index (χ1v) is 30.7. The Morgan fingerprint density at radius 3 is 1.22 bits per heavy atom. The first kappa shape index (κ1) is 80.7. The van der Waals surface area contributed by atoms with Gasteiger partial charge in [0.05, 0.1) is 38.8 Å². The third-order valence-corrected chi connectivity index (χ3v) is 14.2. The summed E-state index contributed by atoms with van der Waals surface area (Å²) in [5, 5.41) is 65.3. The van der Waals surface area contributed by atoms with Gasteiger partial charge in [0.25, 0.3) is 0 Å². The van der Waals surface area contributed by atoms with Gasteiger partial charge in [-0.05, 0) is 69.0 Å². The largest absolute Gasteiger partial charge is 0.481 e. The molecule has 0 unspecified atom stereocenters. The second-order valence-electron chi connectivity index (χ2n) is 20.9. The van der Waals surface area contributed by atoms with E-state index in [0.29, 0.717) is 18.4 Å². The standard InChI is InChI=1S/C56H87N19O17S2/c57-18-8-7-15-35(54(91)92)70-48(85)34(17-10-20-64-56(61)62)67-42(78)24-65-46(83)33(16-9-19-63-55(59)60)69-50(87)38(26-76)72-51(88)39(27-77)73-53(90)41(29-94)75-49(86)36(22-31-13-5-2-6-14-31)68-43(79)25-66-47(84)37(23-44(80)81)71-52(89)40(28-93)74-45(82)32(58)21-30-11-3-1-4-12-30/h1-6,11-14,32-41,76-77,93-94H,7-10,15-29,57-58H2,(H,65,83)(H,66,84)(H,67,78)(H,68,79)(H,69,87)(H,70,85)(H,71,89)(H,72,88)(H,73,90)(H,74,82)(H,75,86)(H,80,81)(H,91,92)(H4,59,60,63)(H4,61,62,64)/t32-,33-,34-,35-,36-,37-,38-,39-,40-,41-/m0/s1. The van der Waals surface area contributed by atoms with Crippen LogP contribution >= 0.6 is 25.3 Å². The Kier molecular flexibility index (Phi) is 38.0. The Bertz CT molecular complexity index is 2910. The quantitative estimate of drug-likeness (QED) is 0.0127. The SMILES string of the molecule is NCCCC[C@H](NC(=O)[C@H](CCCN=C(N)N)NC(=O)CNC(=O)[C@H](CCCN=C(N)N)NC(=O)[C@H](CO)NC(=O)[C@H](CO)NC(=O)[C@H](CS)NC(=O)[C@H](Cc1ccccc1)NC(=O)CNC(=O)[C@H](CC(=O)O)NC(=O)[C@H](CS)NC(=O)[C@@H](N)Cc1ccccc1)C(=O)O. The molecule has 2 aromatic carbocycles. The Morgan fingerprint density at radius 2 is 0.787 bits per heavy atom. The number of aliphatic hydroxyl groups is 2. The summed E-state index contributed by atoms with van der Waals surface area (Å²) in [5.74, 6) is -15.5. The van der Waals surface area contributed by atoms with Crippen LogP contribution in [0.2, 0.25) is 0 Å². The maximum Gasteiger partial charge on any atom is 0.326 e. The van der Waals surface area contributed by atoms with Gasteiger partial charge in [-0.25, -0.2) is 4.79 Å². The number of nitrogens with one attached hydrogen (secondary N) is 11. The van der Waals surface area contributed by atoms with Crippen molar-refractivity contribution in [3.63, 3.8) is 0 Å². The van der Waals surface area contributed by atoms with E-state index in [1.165, 1.54) is 0 Å². The number of amides is 11. The summed E-state index contributed by atoms with van der Waals surface area (Å²) in [5.41, 5.74) is 34.4. The van der Waals surface area contributed by atoms with Gasteiger partial charge in [-0.1, -0.05) is 60.7 Å². The highest BCUT2D eigenvalue weighted by molar-refractivity contribution is 7.80. The number of aliphatic carboxylic acids is 2. The highest BCUT2D eigenvalue weighted by Gasteiger charge is 2.34. The lowest BCUT2D eigenvalue weighted by Gasteiger charge is -2.26. The van der Waals surface area contributed by atoms with Crippen LogP contribution in [-0.2, 0) is 75.2 Å². The molecule has 36 nitrogen and oxygen atoms in total. The summed E-state index contributed by atoms with van der Waals surface area (Å²) in [6.07, 6.45) is -0.352. The highest BCUT2D eigenvalue weighted by atomic mass is 32.1. The fraction of sp³-hybridized carbons (Fsp3) is 0.518. The summed E-state index contributed by atoms with van der Waals surface area (Å²) in [7, 11) is 0. The zero-order valence-electron chi connectivity index (χ0n) is 51.3. The molecular weight excluding hydrogens is 1270 g/mol. The number of carbonyl (C=O) groups is 13. The number of rotatable bonds is 45. The summed E-state index contributed by atoms with van der Waals surface area (Å²) in [6.45, 7) is -3.71. The van der Waals surface area contributed by atoms with Gasteiger partial charge in [0.2, 0.25) is 65.0 Å². The summed E-state index contributed by atoms with van der Waals surface area (Å²) in [4.78, 5) is 179. The number of nitrogens with zero attached hydrogens (tertiary/aromatic N) is 2. The maximum atomic E-state index is 13.9. The summed E-state index contributed by atoms with van der Waals surface area (Å²) >= 11 is 8.26. The molecule has 2 aromatic rings. The van der Waals surface area contributed by atoms with Crippen LogP contribution in [0.15, 0.2) is 70.6 Å². The molecule has 10 atom stereocenters. The van der Waals surface area contributed by atoms with Crippen LogP contribution in [0.25, 0.3) is 0 Å². The third kappa shape index (κ3) is 31.8. The van der Waals surface area contributed by atoms with E-state index in [4.69, 9.17) is 34.4 Å². The van der Waals surface area contributed by atoms with Gasteiger partial charge < -0.3 is 113 Å². The molecule has 38 heteroatoms. The number of carboxylic acids is 2. The van der Waals surface area contributed by atoms with Crippen LogP contribution in [0, 0.1) is 0 Å². The monoisotopic (exact) mass is 1360 g/mol. The molecule has 520 valence electrons. The number of hydrogen-bond donors (Lipinski definition) is 23. The lowest BCUT2D eigenvalue weighted by atomic mass is 10.0. The van der Waals surface area contributed by atoms with Crippen molar-refractivity contribution in [2.75, 3.05) is 57.4 Å². The topological polar surface area (TPSA) is 616 Å². The van der Waals surface area contributed by atoms with Crippen molar-refractivity contribution in [2.45, 2.75) is 125 Å². The molecule has 0 aliphatic heterocycles. The third-order valence-electron chi connectivity index (χ3n) is 13.4. The molecule has 94 heavy (non-hydrogen) atoms. The molecule has 2 rings (SSSR count). The number of benzene rings is 2. The number of aliphatic imine (C=N–C) groups is 2. The van der Waals surface area contributed by atoms with E-state index in [1.54, 1.807) is 60.7 Å². The Morgan fingerprint density at radius 1 is 0.426 bits per heavy atom. The number of unbranched alkanes of at least 4 members (excludes halogenated alkanes) is 1. The fourth-order valence-corrected chi connectivity index (χ4v) is 8.97. The van der Waals surface area contributed by atoms with Crippen LogP contribution in [0.5, 0.6) is 0 Å². The van der Waals surface area contributed by atoms with Gasteiger partial charge in [0, 0.05) is 31.0 Å². The molecule has 27 N–H and O–H groups in total. The maximum absolute atomic E-state index is 13.9. The predicted molar refractivity (Wildman–Crippen MR) is 346 cm³/mol. The molecule has 0 spiro atoms. The van der Waals surface area contributed by atoms with Gasteiger partial charge in [0.15, 0.2) is 11.9 Å². The second-order valence-corrected chi connectivity index (χ2v) is 21.7. The number of carboxylic acid groups (broad SMARTS) is 2. The zero-order chi connectivity index (χ0) is 70.3. The first-order chi connectivity index (χ1) is 44.7. The minimum absolute atomic E-state index is 0.0285. The highest BCUT2D eigenvalue weighted by Crippen LogP contribution is 2.09. The summed E-state index contributed by atoms with van der Waals surface area (Å²) < 4.78 is 0. The Labute approximate surface area is 551 Å². The average molecular weight is 1360 g/mol. The van der Waals surface area contributed by atoms with E-state index >= 15 is 0 Å². The number of nitrogens with two attached hydrogens (primary N) is 6. The molecule has 0 aliphatic rings. The number of carbonyl (C=O) groups excluding carboxylic acids is 11. The van der Waals surface area contributed by atoms with E-state index in [9.17, 15) is 82.8 Å². The zero-order valence-corrected chi connectivity index (χ0v) is 53.1. The smallest absolute Gasteiger partial charge is 0.326 e. The number of aliphatic hydroxyl groups excluding tert-OH is 2. The number of guanidine groups is 2. The fourth-order valence-electron chi connectivity index (χ4n) is 8.46. The van der Waals surface area contributed by atoms with Gasteiger partial charge in [-0.15, -0.1) is 0 Å². The van der Waals surface area contributed by atoms with Crippen LogP contribution in [0.3, 0.4) is 0 Å². The van der Waals surface area contributed by atoms with Crippen molar-refractivity contribution in [1.82, 2.24) is 58.5 Å². The molecular formula is C56H87N19O17S2. The van der Waals surface area contributed by atoms with Crippen LogP contribution in [0.1, 0.15) is 62.5 Å². The molecule has 11 amide bonds. The molecule has 0 radical (unpaired) electrons. The number of thiol groups is 2. The van der Waals surface area contributed by atoms with Crippen molar-refractivity contribution in [2.24, 2.45) is 44.4 Å². The minimum atomic E-state index is -1.89. The van der Waals surface area contributed by atoms with Crippen molar-refractivity contribution >= 4 is 114 Å². The first-order valence-electron chi connectivity index (χ1n) is 29.5. The van der Waals surface area contributed by atoms with E-state index in [2.05, 4.69) is 93.7 Å². The van der Waals surface area contributed by atoms with Crippen molar-refractivity contribution in [1.29, 1.82) is 0 Å². The van der Waals surface area contributed by atoms with Gasteiger partial charge in [-0.3, -0.25) is 67.5 Å². The van der Waals surface area contributed by atoms with Crippen LogP contribution in [0.4, 0.5) is 0 Å². The normalized spacial score (nSPS) is 14.0. The van der Waals surface area contributed by atoms with E-state index in [1.807, 2.05) is 0 Å². The molecule has 0 heterocycles. The van der Waals surface area contributed by atoms with E-state index < -0.39 is 176 Å². The lowest BCUT2D eigenvalue weighted by Crippen LogP contribution is -2.61. The van der Waals surface area contributed by atoms with E-state index in [0.717, 1.165) is 5.56 Å². The van der Waals surface area contributed by atoms with E-state index in [-0.39, 0.29) is 82.3 Å². The lowest BCUT2D eigenvalue weighted by molar-refractivity contribution is -0.142. The molecule has 0 bridgehead atoms. The van der Waals surface area contributed by atoms with Crippen molar-refractivity contribution < 1.29 is 82.8 Å². The van der Waals surface area contributed by atoms with Crippen molar-refractivity contribution in [3.05, 3.63) is 71.8 Å². The summed E-state index contributed by atoms with van der Waals surface area (Å²) in [6, 6.07) is 1.47. The van der Waals surface area contributed by atoms with Crippen LogP contribution < -0.4 is 92.9 Å².